The maximum Gasteiger partial charge on any atom is 0.192 e. The number of hydrogen-bond acceptors (Lipinski definition) is 2. The molecule has 0 N–H and O–H groups in total. The van der Waals surface area contributed by atoms with Gasteiger partial charge in [0.05, 0.1) is 5.60 Å². The molecule has 2 aliphatic rings. The smallest absolute Gasteiger partial charge is 0.192 e. The highest BCUT2D eigenvalue weighted by Gasteiger charge is 2.52. The zero-order valence-electron chi connectivity index (χ0n) is 19.6. The van der Waals surface area contributed by atoms with Crippen molar-refractivity contribution >= 4 is 14.1 Å². The number of halogens is 1. The predicted octanol–water partition coefficient (Wildman–Crippen LogP) is 7.33. The van der Waals surface area contributed by atoms with E-state index in [-0.39, 0.29) is 11.3 Å². The quantitative estimate of drug-likeness (QED) is 0.351. The first-order valence-electron chi connectivity index (χ1n) is 11.9. The van der Waals surface area contributed by atoms with E-state index in [0.29, 0.717) is 30.5 Å². The average molecular weight is 413 g/mol. The van der Waals surface area contributed by atoms with E-state index in [9.17, 15) is 4.79 Å². The summed E-state index contributed by atoms with van der Waals surface area (Å²) in [4.78, 5) is 12.4. The van der Waals surface area contributed by atoms with Gasteiger partial charge in [-0.25, -0.2) is 4.39 Å². The van der Waals surface area contributed by atoms with Gasteiger partial charge in [0, 0.05) is 18.8 Å². The SMILES string of the molecule is CC[Si](CC)(CC)OC(C)(C)CC(F)CC(C)[C@H]1CC[C@H]2C(=O)CCC[C@]12C. The lowest BCUT2D eigenvalue weighted by Crippen LogP contribution is -2.45. The zero-order valence-corrected chi connectivity index (χ0v) is 20.6. The van der Waals surface area contributed by atoms with Crippen molar-refractivity contribution in [3.05, 3.63) is 0 Å². The molecule has 2 fully saturated rings. The van der Waals surface area contributed by atoms with E-state index in [1.165, 1.54) is 0 Å². The minimum atomic E-state index is -1.73. The van der Waals surface area contributed by atoms with Crippen LogP contribution in [0.3, 0.4) is 0 Å². The number of rotatable bonds is 10. The summed E-state index contributed by atoms with van der Waals surface area (Å²) in [6, 6.07) is 3.31. The Hall–Kier alpha value is -0.223. The summed E-state index contributed by atoms with van der Waals surface area (Å²) in [5.74, 6) is 1.52. The molecule has 5 atom stereocenters. The van der Waals surface area contributed by atoms with Crippen LogP contribution in [-0.4, -0.2) is 25.9 Å². The van der Waals surface area contributed by atoms with Crippen molar-refractivity contribution in [2.24, 2.45) is 23.2 Å². The summed E-state index contributed by atoms with van der Waals surface area (Å²) in [7, 11) is -1.73. The third-order valence-electron chi connectivity index (χ3n) is 8.39. The first-order valence-corrected chi connectivity index (χ1v) is 14.4. The Bertz CT molecular complexity index is 522. The Labute approximate surface area is 174 Å². The van der Waals surface area contributed by atoms with Crippen molar-refractivity contribution in [3.63, 3.8) is 0 Å². The lowest BCUT2D eigenvalue weighted by molar-refractivity contribution is -0.130. The highest BCUT2D eigenvalue weighted by atomic mass is 28.4. The first kappa shape index (κ1) is 24.1. The number of Topliss-reactive ketones (excluding diaryl/α,β-unsaturated/α-hetero) is 1. The predicted molar refractivity (Wildman–Crippen MR) is 119 cm³/mol. The van der Waals surface area contributed by atoms with Gasteiger partial charge < -0.3 is 4.43 Å². The van der Waals surface area contributed by atoms with Crippen LogP contribution >= 0.6 is 0 Å². The molecule has 28 heavy (non-hydrogen) atoms. The van der Waals surface area contributed by atoms with Gasteiger partial charge >= 0.3 is 0 Å². The van der Waals surface area contributed by atoms with E-state index in [1.807, 2.05) is 0 Å². The van der Waals surface area contributed by atoms with Crippen molar-refractivity contribution in [1.82, 2.24) is 0 Å². The fraction of sp³-hybridized carbons (Fsp3) is 0.958. The molecule has 0 aromatic heterocycles. The third-order valence-corrected chi connectivity index (χ3v) is 13.2. The first-order chi connectivity index (χ1) is 13.0. The summed E-state index contributed by atoms with van der Waals surface area (Å²) in [5.41, 5.74) is -0.286. The van der Waals surface area contributed by atoms with Crippen LogP contribution in [0.2, 0.25) is 18.1 Å². The Kier molecular flexibility index (Phi) is 7.97. The van der Waals surface area contributed by atoms with Crippen LogP contribution in [0, 0.1) is 23.2 Å². The molecule has 0 bridgehead atoms. The standard InChI is InChI=1S/C24H45FO2Si/c1-8-28(9-2,10-3)27-23(5,6)17-19(25)16-18(4)20-13-14-21-22(26)12-11-15-24(20,21)7/h18-21H,8-17H2,1-7H3/t18?,19?,20-,21+,24-/m1/s1. The van der Waals surface area contributed by atoms with E-state index in [2.05, 4.69) is 48.5 Å². The van der Waals surface area contributed by atoms with Crippen molar-refractivity contribution in [3.8, 4) is 0 Å². The average Bonchev–Trinajstić information content (AvgIpc) is 2.97. The van der Waals surface area contributed by atoms with E-state index in [4.69, 9.17) is 4.43 Å². The van der Waals surface area contributed by atoms with E-state index in [0.717, 1.165) is 50.2 Å². The monoisotopic (exact) mass is 412 g/mol. The maximum absolute atomic E-state index is 15.2. The molecule has 0 heterocycles. The molecular weight excluding hydrogens is 367 g/mol. The van der Waals surface area contributed by atoms with Crippen molar-refractivity contribution in [2.45, 2.75) is 123 Å². The summed E-state index contributed by atoms with van der Waals surface area (Å²) < 4.78 is 21.8. The molecule has 0 spiro atoms. The van der Waals surface area contributed by atoms with Gasteiger partial charge in [-0.1, -0.05) is 34.6 Å². The highest BCUT2D eigenvalue weighted by molar-refractivity contribution is 6.73. The van der Waals surface area contributed by atoms with Gasteiger partial charge in [-0.05, 0) is 81.3 Å². The van der Waals surface area contributed by atoms with E-state index < -0.39 is 20.1 Å². The van der Waals surface area contributed by atoms with Crippen LogP contribution in [0.25, 0.3) is 0 Å². The topological polar surface area (TPSA) is 26.3 Å². The van der Waals surface area contributed by atoms with Crippen molar-refractivity contribution in [1.29, 1.82) is 0 Å². The Morgan fingerprint density at radius 1 is 1.21 bits per heavy atom. The zero-order chi connectivity index (χ0) is 21.2. The van der Waals surface area contributed by atoms with Crippen LogP contribution in [-0.2, 0) is 9.22 Å². The number of hydrogen-bond donors (Lipinski definition) is 0. The highest BCUT2D eigenvalue weighted by Crippen LogP contribution is 2.57. The summed E-state index contributed by atoms with van der Waals surface area (Å²) in [5, 5.41) is 0. The number of fused-ring (bicyclic) bond motifs is 1. The second-order valence-electron chi connectivity index (χ2n) is 10.7. The Morgan fingerprint density at radius 2 is 1.82 bits per heavy atom. The fourth-order valence-electron chi connectivity index (χ4n) is 6.68. The molecule has 2 nitrogen and oxygen atoms in total. The Morgan fingerprint density at radius 3 is 2.39 bits per heavy atom. The Balaban J connectivity index is 1.97. The molecule has 2 saturated carbocycles. The van der Waals surface area contributed by atoms with Crippen molar-refractivity contribution in [2.75, 3.05) is 0 Å². The summed E-state index contributed by atoms with van der Waals surface area (Å²) in [6.07, 6.45) is 5.30. The molecule has 0 aromatic carbocycles. The van der Waals surface area contributed by atoms with Crippen LogP contribution in [0.4, 0.5) is 4.39 Å². The number of carbonyl (C=O) groups is 1. The molecular formula is C24H45FO2Si. The number of ketones is 1. The molecule has 4 heteroatoms. The fourth-order valence-corrected chi connectivity index (χ4v) is 9.87. The lowest BCUT2D eigenvalue weighted by Gasteiger charge is -2.43. The van der Waals surface area contributed by atoms with Gasteiger partial charge in [0.25, 0.3) is 0 Å². The van der Waals surface area contributed by atoms with Gasteiger partial charge in [-0.15, -0.1) is 0 Å². The van der Waals surface area contributed by atoms with E-state index >= 15 is 4.39 Å². The second kappa shape index (κ2) is 9.28. The molecule has 0 amide bonds. The molecule has 0 radical (unpaired) electrons. The molecule has 2 rings (SSSR count). The van der Waals surface area contributed by atoms with Gasteiger partial charge in [0.2, 0.25) is 0 Å². The largest absolute Gasteiger partial charge is 0.412 e. The molecule has 0 saturated heterocycles. The molecule has 164 valence electrons. The second-order valence-corrected chi connectivity index (χ2v) is 15.4. The minimum absolute atomic E-state index is 0.106. The van der Waals surface area contributed by atoms with Crippen LogP contribution in [0.1, 0.15) is 93.4 Å². The van der Waals surface area contributed by atoms with Crippen LogP contribution < -0.4 is 0 Å². The molecule has 2 unspecified atom stereocenters. The van der Waals surface area contributed by atoms with Gasteiger partial charge in [0.1, 0.15) is 12.0 Å². The lowest BCUT2D eigenvalue weighted by atomic mass is 9.62. The minimum Gasteiger partial charge on any atom is -0.412 e. The van der Waals surface area contributed by atoms with Gasteiger partial charge in [-0.3, -0.25) is 4.79 Å². The number of carbonyl (C=O) groups excluding carboxylic acids is 1. The normalized spacial score (nSPS) is 30.9. The molecule has 0 aliphatic heterocycles. The van der Waals surface area contributed by atoms with E-state index in [1.54, 1.807) is 0 Å². The third kappa shape index (κ3) is 5.09. The number of alkyl halides is 1. The van der Waals surface area contributed by atoms with Crippen LogP contribution in [0.5, 0.6) is 0 Å². The molecule has 2 aliphatic carbocycles. The summed E-state index contributed by atoms with van der Waals surface area (Å²) in [6.45, 7) is 15.4. The summed E-state index contributed by atoms with van der Waals surface area (Å²) >= 11 is 0. The van der Waals surface area contributed by atoms with Gasteiger partial charge in [-0.2, -0.15) is 0 Å². The maximum atomic E-state index is 15.2. The molecule has 0 aromatic rings. The van der Waals surface area contributed by atoms with Crippen LogP contribution in [0.15, 0.2) is 0 Å². The van der Waals surface area contributed by atoms with Gasteiger partial charge in [0.15, 0.2) is 8.32 Å². The van der Waals surface area contributed by atoms with Crippen molar-refractivity contribution < 1.29 is 13.6 Å².